The fourth-order valence-corrected chi connectivity index (χ4v) is 2.44. The average molecular weight is 285 g/mol. The van der Waals surface area contributed by atoms with Crippen LogP contribution in [0.4, 0.5) is 0 Å². The van der Waals surface area contributed by atoms with Gasteiger partial charge in [0.15, 0.2) is 0 Å². The highest BCUT2D eigenvalue weighted by Gasteiger charge is 2.15. The molecule has 102 valence electrons. The van der Waals surface area contributed by atoms with E-state index >= 15 is 0 Å². The first-order valence-corrected chi connectivity index (χ1v) is 7.08. The molecule has 2 aromatic heterocycles. The zero-order valence-electron chi connectivity index (χ0n) is 11.1. The molecule has 2 aromatic rings. The van der Waals surface area contributed by atoms with Crippen LogP contribution in [0.2, 0.25) is 0 Å². The van der Waals surface area contributed by atoms with Gasteiger partial charge in [-0.1, -0.05) is 17.9 Å². The summed E-state index contributed by atoms with van der Waals surface area (Å²) in [5.74, 6) is 5.38. The number of amides is 1. The van der Waals surface area contributed by atoms with Crippen LogP contribution in [0.5, 0.6) is 0 Å². The number of aromatic nitrogens is 1. The van der Waals surface area contributed by atoms with E-state index in [0.29, 0.717) is 11.3 Å². The van der Waals surface area contributed by atoms with Gasteiger partial charge in [0.1, 0.15) is 5.69 Å². The highest BCUT2D eigenvalue weighted by Crippen LogP contribution is 2.18. The number of pyridine rings is 1. The summed E-state index contributed by atoms with van der Waals surface area (Å²) in [6.07, 6.45) is 1.58. The number of thiophene rings is 1. The molecule has 1 atom stereocenters. The number of carbonyl (C=O) groups excluding carboxylic acids is 1. The molecule has 0 aromatic carbocycles. The summed E-state index contributed by atoms with van der Waals surface area (Å²) in [5, 5.41) is 4.91. The Morgan fingerprint density at radius 3 is 3.05 bits per heavy atom. The van der Waals surface area contributed by atoms with Crippen molar-refractivity contribution in [1.29, 1.82) is 0 Å². The third-order valence-corrected chi connectivity index (χ3v) is 3.72. The Hall–Kier alpha value is -2.16. The number of nitrogens with two attached hydrogens (primary N) is 1. The Morgan fingerprint density at radius 2 is 2.35 bits per heavy atom. The number of rotatable bonds is 3. The minimum atomic E-state index is -0.229. The van der Waals surface area contributed by atoms with Crippen LogP contribution in [-0.4, -0.2) is 17.4 Å². The number of carbonyl (C=O) groups is 1. The maximum atomic E-state index is 12.3. The fourth-order valence-electron chi connectivity index (χ4n) is 1.71. The number of hydrogen-bond acceptors (Lipinski definition) is 4. The number of hydrogen-bond donors (Lipinski definition) is 2. The van der Waals surface area contributed by atoms with E-state index in [1.807, 2.05) is 24.4 Å². The Bertz CT molecular complexity index is 641. The van der Waals surface area contributed by atoms with Crippen molar-refractivity contribution < 1.29 is 4.79 Å². The van der Waals surface area contributed by atoms with Crippen molar-refractivity contribution in [1.82, 2.24) is 10.3 Å². The number of nitrogens with one attached hydrogen (secondary N) is 1. The SMILES string of the molecule is CC(NC(=O)c1ncccc1C#CCN)c1cccs1. The number of nitrogens with zero attached hydrogens (tertiary/aromatic N) is 1. The Kier molecular flexibility index (Phi) is 4.88. The van der Waals surface area contributed by atoms with E-state index in [1.165, 1.54) is 0 Å². The van der Waals surface area contributed by atoms with Crippen molar-refractivity contribution in [3.05, 3.63) is 52.0 Å². The quantitative estimate of drug-likeness (QED) is 0.847. The summed E-state index contributed by atoms with van der Waals surface area (Å²) < 4.78 is 0. The van der Waals surface area contributed by atoms with Gasteiger partial charge in [0.25, 0.3) is 5.91 Å². The van der Waals surface area contributed by atoms with E-state index < -0.39 is 0 Å². The maximum absolute atomic E-state index is 12.3. The first-order valence-electron chi connectivity index (χ1n) is 6.20. The molecule has 2 rings (SSSR count). The largest absolute Gasteiger partial charge is 0.343 e. The van der Waals surface area contributed by atoms with Crippen LogP contribution in [0.15, 0.2) is 35.8 Å². The summed E-state index contributed by atoms with van der Waals surface area (Å²) in [6, 6.07) is 7.41. The van der Waals surface area contributed by atoms with Gasteiger partial charge in [-0.2, -0.15) is 0 Å². The Morgan fingerprint density at radius 1 is 1.50 bits per heavy atom. The van der Waals surface area contributed by atoms with Gasteiger partial charge in [0, 0.05) is 11.1 Å². The standard InChI is InChI=1S/C15H15N3OS/c1-11(13-7-4-10-20-13)18-15(19)14-12(5-2-8-16)6-3-9-17-14/h3-4,6-7,9-11H,8,16H2,1H3,(H,18,19). The molecule has 0 aliphatic carbocycles. The average Bonchev–Trinajstić information content (AvgIpc) is 2.99. The first-order chi connectivity index (χ1) is 9.72. The van der Waals surface area contributed by atoms with Gasteiger partial charge in [-0.25, -0.2) is 4.98 Å². The lowest BCUT2D eigenvalue weighted by Crippen LogP contribution is -2.27. The lowest BCUT2D eigenvalue weighted by atomic mass is 10.1. The van der Waals surface area contributed by atoms with Crippen molar-refractivity contribution in [3.63, 3.8) is 0 Å². The Labute approximate surface area is 122 Å². The minimum absolute atomic E-state index is 0.0557. The lowest BCUT2D eigenvalue weighted by molar-refractivity contribution is 0.0935. The molecule has 20 heavy (non-hydrogen) atoms. The van der Waals surface area contributed by atoms with Crippen LogP contribution in [0.25, 0.3) is 0 Å². The monoisotopic (exact) mass is 285 g/mol. The first kappa shape index (κ1) is 14.3. The predicted octanol–water partition coefficient (Wildman–Crippen LogP) is 1.94. The molecule has 1 unspecified atom stereocenters. The summed E-state index contributed by atoms with van der Waals surface area (Å²) in [7, 11) is 0. The molecule has 0 radical (unpaired) electrons. The van der Waals surface area contributed by atoms with E-state index in [2.05, 4.69) is 22.1 Å². The van der Waals surface area contributed by atoms with Crippen LogP contribution in [-0.2, 0) is 0 Å². The fraction of sp³-hybridized carbons (Fsp3) is 0.200. The molecule has 0 saturated carbocycles. The van der Waals surface area contributed by atoms with E-state index in [-0.39, 0.29) is 18.5 Å². The van der Waals surface area contributed by atoms with Gasteiger partial charge >= 0.3 is 0 Å². The van der Waals surface area contributed by atoms with E-state index in [4.69, 9.17) is 5.73 Å². The summed E-state index contributed by atoms with van der Waals surface area (Å²) in [5.41, 5.74) is 6.28. The van der Waals surface area contributed by atoms with Crippen LogP contribution < -0.4 is 11.1 Å². The molecule has 0 fully saturated rings. The third-order valence-electron chi connectivity index (χ3n) is 2.67. The van der Waals surface area contributed by atoms with Gasteiger partial charge in [-0.05, 0) is 30.5 Å². The van der Waals surface area contributed by atoms with Crippen LogP contribution in [0.3, 0.4) is 0 Å². The van der Waals surface area contributed by atoms with Gasteiger partial charge < -0.3 is 11.1 Å². The highest BCUT2D eigenvalue weighted by atomic mass is 32.1. The zero-order chi connectivity index (χ0) is 14.4. The molecule has 0 bridgehead atoms. The van der Waals surface area contributed by atoms with E-state index in [0.717, 1.165) is 4.88 Å². The van der Waals surface area contributed by atoms with Gasteiger partial charge in [0.05, 0.1) is 18.2 Å². The second-order valence-electron chi connectivity index (χ2n) is 4.12. The molecule has 1 amide bonds. The van der Waals surface area contributed by atoms with Crippen molar-refractivity contribution in [2.45, 2.75) is 13.0 Å². The van der Waals surface area contributed by atoms with Crippen molar-refractivity contribution in [3.8, 4) is 11.8 Å². The van der Waals surface area contributed by atoms with Crippen LogP contribution in [0, 0.1) is 11.8 Å². The smallest absolute Gasteiger partial charge is 0.271 e. The molecule has 0 aliphatic heterocycles. The molecule has 0 aliphatic rings. The molecular formula is C15H15N3OS. The molecule has 3 N–H and O–H groups in total. The van der Waals surface area contributed by atoms with Gasteiger partial charge in [0.2, 0.25) is 0 Å². The second kappa shape index (κ2) is 6.85. The highest BCUT2D eigenvalue weighted by molar-refractivity contribution is 7.10. The molecule has 0 spiro atoms. The lowest BCUT2D eigenvalue weighted by Gasteiger charge is -2.12. The molecule has 0 saturated heterocycles. The van der Waals surface area contributed by atoms with Crippen molar-refractivity contribution >= 4 is 17.2 Å². The molecular weight excluding hydrogens is 270 g/mol. The second-order valence-corrected chi connectivity index (χ2v) is 5.10. The predicted molar refractivity (Wildman–Crippen MR) is 80.4 cm³/mol. The van der Waals surface area contributed by atoms with Crippen LogP contribution >= 0.6 is 11.3 Å². The normalized spacial score (nSPS) is 11.3. The van der Waals surface area contributed by atoms with Gasteiger partial charge in [-0.3, -0.25) is 4.79 Å². The Balaban J connectivity index is 2.17. The summed E-state index contributed by atoms with van der Waals surface area (Å²) in [6.45, 7) is 2.19. The maximum Gasteiger partial charge on any atom is 0.271 e. The van der Waals surface area contributed by atoms with Gasteiger partial charge in [-0.15, -0.1) is 11.3 Å². The van der Waals surface area contributed by atoms with Crippen molar-refractivity contribution in [2.24, 2.45) is 5.73 Å². The van der Waals surface area contributed by atoms with E-state index in [1.54, 1.807) is 29.7 Å². The molecule has 2 heterocycles. The van der Waals surface area contributed by atoms with E-state index in [9.17, 15) is 4.79 Å². The zero-order valence-corrected chi connectivity index (χ0v) is 11.9. The topological polar surface area (TPSA) is 68.0 Å². The van der Waals surface area contributed by atoms with Crippen LogP contribution in [0.1, 0.15) is 33.9 Å². The summed E-state index contributed by atoms with van der Waals surface area (Å²) >= 11 is 1.61. The third kappa shape index (κ3) is 3.44. The van der Waals surface area contributed by atoms with Crippen molar-refractivity contribution in [2.75, 3.05) is 6.54 Å². The molecule has 4 nitrogen and oxygen atoms in total. The molecule has 5 heteroatoms. The minimum Gasteiger partial charge on any atom is -0.343 e. The summed E-state index contributed by atoms with van der Waals surface area (Å²) in [4.78, 5) is 17.5.